The van der Waals surface area contributed by atoms with Crippen LogP contribution >= 0.6 is 25.3 Å². The summed E-state index contributed by atoms with van der Waals surface area (Å²) in [5.41, 5.74) is 2.11. The molecular weight excluding hydrogens is 532 g/mol. The number of carboxylic acid groups (broad SMARTS) is 2. The van der Waals surface area contributed by atoms with Gasteiger partial charge in [-0.1, -0.05) is 84.9 Å². The minimum Gasteiger partial charge on any atom is -0.478 e. The van der Waals surface area contributed by atoms with Crippen molar-refractivity contribution in [3.63, 3.8) is 0 Å². The van der Waals surface area contributed by atoms with Crippen LogP contribution in [0.25, 0.3) is 0 Å². The maximum absolute atomic E-state index is 12.0. The van der Waals surface area contributed by atoms with Crippen LogP contribution in [0.1, 0.15) is 59.0 Å². The first-order valence-corrected chi connectivity index (χ1v) is 13.1. The molecule has 8 heteroatoms. The van der Waals surface area contributed by atoms with Gasteiger partial charge in [0.1, 0.15) is 0 Å². The second-order valence-corrected chi connectivity index (χ2v) is 8.86. The van der Waals surface area contributed by atoms with Crippen LogP contribution < -0.4 is 0 Å². The lowest BCUT2D eigenvalue weighted by Crippen LogP contribution is -2.03. The quantitative estimate of drug-likeness (QED) is 0.145. The van der Waals surface area contributed by atoms with Gasteiger partial charge in [0.2, 0.25) is 0 Å². The predicted molar refractivity (Wildman–Crippen MR) is 159 cm³/mol. The third kappa shape index (κ3) is 10.3. The van der Waals surface area contributed by atoms with Gasteiger partial charge in [-0.3, -0.25) is 9.59 Å². The Balaban J connectivity index is 0.000000234. The van der Waals surface area contributed by atoms with Crippen LogP contribution in [0.4, 0.5) is 0 Å². The molecule has 0 fully saturated rings. The van der Waals surface area contributed by atoms with Gasteiger partial charge in [-0.15, -0.1) is 0 Å². The van der Waals surface area contributed by atoms with Gasteiger partial charge < -0.3 is 10.2 Å². The fourth-order valence-corrected chi connectivity index (χ4v) is 3.74. The first kappa shape index (κ1) is 31.1. The van der Waals surface area contributed by atoms with Crippen molar-refractivity contribution in [3.05, 3.63) is 143 Å². The molecule has 200 valence electrons. The summed E-state index contributed by atoms with van der Waals surface area (Å²) in [6.45, 7) is 0. The van der Waals surface area contributed by atoms with Crippen LogP contribution in [-0.4, -0.2) is 45.2 Å². The first-order valence-electron chi connectivity index (χ1n) is 11.9. The van der Waals surface area contributed by atoms with E-state index in [0.29, 0.717) is 22.3 Å². The largest absolute Gasteiger partial charge is 0.478 e. The number of hydrogen-bond donors (Lipinski definition) is 4. The minimum absolute atomic E-state index is 0.117. The van der Waals surface area contributed by atoms with E-state index in [9.17, 15) is 19.2 Å². The average molecular weight is 561 g/mol. The maximum atomic E-state index is 12.0. The predicted octanol–water partition coefficient (Wildman–Crippen LogP) is 6.47. The molecule has 4 aromatic carbocycles. The highest BCUT2D eigenvalue weighted by Gasteiger charge is 2.12. The molecule has 0 bridgehead atoms. The monoisotopic (exact) mass is 560 g/mol. The maximum Gasteiger partial charge on any atom is 0.335 e. The Hall–Kier alpha value is -4.14. The average Bonchev–Trinajstić information content (AvgIpc) is 2.98. The number of thiol groups is 2. The number of carbonyl (C=O) groups is 4. The van der Waals surface area contributed by atoms with E-state index < -0.39 is 11.9 Å². The van der Waals surface area contributed by atoms with E-state index in [1.165, 1.54) is 24.3 Å². The Morgan fingerprint density at radius 3 is 1.05 bits per heavy atom. The summed E-state index contributed by atoms with van der Waals surface area (Å²) in [7, 11) is 0. The molecule has 0 unspecified atom stereocenters. The molecule has 0 atom stereocenters. The van der Waals surface area contributed by atoms with Crippen molar-refractivity contribution in [1.82, 2.24) is 0 Å². The van der Waals surface area contributed by atoms with Crippen molar-refractivity contribution in [1.29, 1.82) is 0 Å². The Kier molecular flexibility index (Phi) is 13.3. The standard InChI is InChI=1S/2C14H10O3.C3H8S2/c2*15-13(10-5-2-1-3-6-10)11-7-4-8-12(9-11)14(16)17;4-2-1-3-5/h2*1-9H,(H,16,17);4-5H,1-3H2. The molecule has 6 nitrogen and oxygen atoms in total. The van der Waals surface area contributed by atoms with Crippen molar-refractivity contribution in [2.24, 2.45) is 0 Å². The van der Waals surface area contributed by atoms with E-state index in [2.05, 4.69) is 25.3 Å². The smallest absolute Gasteiger partial charge is 0.335 e. The van der Waals surface area contributed by atoms with E-state index in [0.717, 1.165) is 17.9 Å². The van der Waals surface area contributed by atoms with Crippen LogP contribution in [0.5, 0.6) is 0 Å². The van der Waals surface area contributed by atoms with E-state index in [4.69, 9.17) is 10.2 Å². The number of aromatic carboxylic acids is 2. The molecule has 0 saturated heterocycles. The lowest BCUT2D eigenvalue weighted by atomic mass is 10.0. The Morgan fingerprint density at radius 2 is 0.769 bits per heavy atom. The molecule has 4 aromatic rings. The molecular formula is C31H28O6S2. The lowest BCUT2D eigenvalue weighted by molar-refractivity contribution is 0.0686. The molecule has 0 spiro atoms. The second-order valence-electron chi connectivity index (χ2n) is 7.96. The fraction of sp³-hybridized carbons (Fsp3) is 0.0968. The number of hydrogen-bond acceptors (Lipinski definition) is 6. The summed E-state index contributed by atoms with van der Waals surface area (Å²) >= 11 is 7.90. The van der Waals surface area contributed by atoms with E-state index in [-0.39, 0.29) is 22.7 Å². The van der Waals surface area contributed by atoms with Crippen LogP contribution in [0, 0.1) is 0 Å². The summed E-state index contributed by atoms with van der Waals surface area (Å²) in [6.07, 6.45) is 1.12. The Bertz CT molecular complexity index is 1280. The zero-order chi connectivity index (χ0) is 28.6. The molecule has 0 aliphatic heterocycles. The fourth-order valence-electron chi connectivity index (χ4n) is 3.17. The van der Waals surface area contributed by atoms with Crippen molar-refractivity contribution in [2.45, 2.75) is 6.42 Å². The van der Waals surface area contributed by atoms with Crippen molar-refractivity contribution in [3.8, 4) is 0 Å². The van der Waals surface area contributed by atoms with Crippen molar-refractivity contribution in [2.75, 3.05) is 11.5 Å². The van der Waals surface area contributed by atoms with Crippen LogP contribution in [0.15, 0.2) is 109 Å². The molecule has 0 radical (unpaired) electrons. The van der Waals surface area contributed by atoms with Crippen LogP contribution in [0.2, 0.25) is 0 Å². The zero-order valence-electron chi connectivity index (χ0n) is 20.9. The Labute approximate surface area is 238 Å². The minimum atomic E-state index is -1.03. The SMILES string of the molecule is O=C(O)c1cccc(C(=O)c2ccccc2)c1.O=C(O)c1cccc(C(=O)c2ccccc2)c1.SCCCS. The van der Waals surface area contributed by atoms with Crippen LogP contribution in [0.3, 0.4) is 0 Å². The summed E-state index contributed by atoms with van der Waals surface area (Å²) < 4.78 is 0. The normalized spacial score (nSPS) is 9.69. The number of carbonyl (C=O) groups excluding carboxylic acids is 2. The summed E-state index contributed by atoms with van der Waals surface area (Å²) in [5.74, 6) is -0.490. The van der Waals surface area contributed by atoms with Gasteiger partial charge in [-0.05, 0) is 42.2 Å². The van der Waals surface area contributed by atoms with Gasteiger partial charge in [-0.2, -0.15) is 25.3 Å². The molecule has 39 heavy (non-hydrogen) atoms. The van der Waals surface area contributed by atoms with E-state index in [1.54, 1.807) is 72.8 Å². The van der Waals surface area contributed by atoms with Gasteiger partial charge in [0.25, 0.3) is 0 Å². The molecule has 0 amide bonds. The molecule has 2 N–H and O–H groups in total. The number of rotatable bonds is 8. The number of carboxylic acids is 2. The summed E-state index contributed by atoms with van der Waals surface area (Å²) in [5, 5.41) is 17.7. The van der Waals surface area contributed by atoms with E-state index in [1.807, 2.05) is 12.1 Å². The molecule has 0 heterocycles. The molecule has 4 rings (SSSR count). The van der Waals surface area contributed by atoms with Gasteiger partial charge >= 0.3 is 11.9 Å². The topological polar surface area (TPSA) is 109 Å². The van der Waals surface area contributed by atoms with Gasteiger partial charge in [-0.25, -0.2) is 9.59 Å². The molecule has 0 aliphatic carbocycles. The molecule has 0 aliphatic rings. The lowest BCUT2D eigenvalue weighted by Gasteiger charge is -2.02. The zero-order valence-corrected chi connectivity index (χ0v) is 22.7. The van der Waals surface area contributed by atoms with Crippen molar-refractivity contribution < 1.29 is 29.4 Å². The molecule has 0 aromatic heterocycles. The second kappa shape index (κ2) is 16.7. The summed E-state index contributed by atoms with van der Waals surface area (Å²) in [4.78, 5) is 45.7. The van der Waals surface area contributed by atoms with Crippen molar-refractivity contribution >= 4 is 48.8 Å². The Morgan fingerprint density at radius 1 is 0.462 bits per heavy atom. The number of ketones is 2. The molecule has 0 saturated carbocycles. The van der Waals surface area contributed by atoms with Gasteiger partial charge in [0.15, 0.2) is 11.6 Å². The van der Waals surface area contributed by atoms with Gasteiger partial charge in [0.05, 0.1) is 11.1 Å². The highest BCUT2D eigenvalue weighted by molar-refractivity contribution is 7.81. The van der Waals surface area contributed by atoms with Crippen LogP contribution in [-0.2, 0) is 0 Å². The van der Waals surface area contributed by atoms with Gasteiger partial charge in [0, 0.05) is 22.3 Å². The third-order valence-corrected chi connectivity index (χ3v) is 5.76. The first-order chi connectivity index (χ1) is 18.8. The third-order valence-electron chi connectivity index (χ3n) is 5.13. The highest BCUT2D eigenvalue weighted by atomic mass is 32.1. The summed E-state index contributed by atoms with van der Waals surface area (Å²) in [6, 6.07) is 29.6. The number of benzene rings is 4. The highest BCUT2D eigenvalue weighted by Crippen LogP contribution is 2.13. The van der Waals surface area contributed by atoms with E-state index >= 15 is 0 Å².